The van der Waals surface area contributed by atoms with Crippen molar-refractivity contribution >= 4 is 23.9 Å². The van der Waals surface area contributed by atoms with Gasteiger partial charge in [0.25, 0.3) is 0 Å². The zero-order chi connectivity index (χ0) is 22.4. The molecule has 2 heterocycles. The first-order valence-corrected chi connectivity index (χ1v) is 10.3. The summed E-state index contributed by atoms with van der Waals surface area (Å²) >= 11 is 0. The van der Waals surface area contributed by atoms with Gasteiger partial charge < -0.3 is 24.0 Å². The standard InChI is InChI=1S/C21H28N4O6/c1-4-30-19(27)16-17(14-6-8-15(29-3)9-7-14)22-20(23-18(16)26)24-10-12-25(13-11-24)21(28)31-5-2/h6-9,16-17H,4-5,10-13H2,1-3H3,(H,22,23,26)/t16-,17-/m1/s1. The van der Waals surface area contributed by atoms with Gasteiger partial charge in [-0.25, -0.2) is 9.79 Å². The summed E-state index contributed by atoms with van der Waals surface area (Å²) in [6, 6.07) is 6.37. The van der Waals surface area contributed by atoms with Crippen molar-refractivity contribution in [3.8, 4) is 5.75 Å². The summed E-state index contributed by atoms with van der Waals surface area (Å²) in [5.74, 6) is -1.11. The molecule has 1 aromatic rings. The van der Waals surface area contributed by atoms with Gasteiger partial charge in [0.1, 0.15) is 11.8 Å². The fourth-order valence-electron chi connectivity index (χ4n) is 3.58. The maximum atomic E-state index is 12.9. The molecule has 3 rings (SSSR count). The van der Waals surface area contributed by atoms with Crippen molar-refractivity contribution in [3.63, 3.8) is 0 Å². The van der Waals surface area contributed by atoms with Crippen molar-refractivity contribution in [2.24, 2.45) is 10.9 Å². The largest absolute Gasteiger partial charge is 0.497 e. The molecule has 2 aliphatic rings. The van der Waals surface area contributed by atoms with E-state index in [1.165, 1.54) is 0 Å². The van der Waals surface area contributed by atoms with Crippen LogP contribution in [0.3, 0.4) is 0 Å². The van der Waals surface area contributed by atoms with Crippen molar-refractivity contribution in [1.29, 1.82) is 0 Å². The molecule has 10 nitrogen and oxygen atoms in total. The number of ether oxygens (including phenoxy) is 3. The third-order valence-electron chi connectivity index (χ3n) is 5.20. The highest BCUT2D eigenvalue weighted by Crippen LogP contribution is 2.32. The number of esters is 1. The molecule has 0 bridgehead atoms. The fourth-order valence-corrected chi connectivity index (χ4v) is 3.58. The number of piperazine rings is 1. The molecule has 2 aliphatic heterocycles. The summed E-state index contributed by atoms with van der Waals surface area (Å²) in [5, 5.41) is 2.74. The first-order chi connectivity index (χ1) is 15.0. The van der Waals surface area contributed by atoms with E-state index in [-0.39, 0.29) is 12.7 Å². The lowest BCUT2D eigenvalue weighted by atomic mass is 9.91. The zero-order valence-corrected chi connectivity index (χ0v) is 18.0. The van der Waals surface area contributed by atoms with Crippen LogP contribution in [-0.2, 0) is 19.1 Å². The Bertz CT molecular complexity index is 833. The van der Waals surface area contributed by atoms with Gasteiger partial charge in [-0.1, -0.05) is 12.1 Å². The summed E-state index contributed by atoms with van der Waals surface area (Å²) in [6.07, 6.45) is -0.352. The summed E-state index contributed by atoms with van der Waals surface area (Å²) in [4.78, 5) is 45.6. The van der Waals surface area contributed by atoms with Gasteiger partial charge in [-0.05, 0) is 31.5 Å². The number of rotatable bonds is 5. The van der Waals surface area contributed by atoms with Gasteiger partial charge in [0.15, 0.2) is 5.92 Å². The minimum absolute atomic E-state index is 0.171. The first-order valence-electron chi connectivity index (χ1n) is 10.3. The van der Waals surface area contributed by atoms with E-state index in [2.05, 4.69) is 5.32 Å². The average molecular weight is 432 g/mol. The molecule has 1 N–H and O–H groups in total. The van der Waals surface area contributed by atoms with Crippen molar-refractivity contribution in [2.75, 3.05) is 46.5 Å². The van der Waals surface area contributed by atoms with Crippen LogP contribution in [-0.4, -0.2) is 80.2 Å². The number of carbonyl (C=O) groups excluding carboxylic acids is 3. The molecule has 10 heteroatoms. The Kier molecular flexibility index (Phi) is 7.32. The summed E-state index contributed by atoms with van der Waals surface area (Å²) < 4.78 is 15.4. The van der Waals surface area contributed by atoms with Gasteiger partial charge >= 0.3 is 12.1 Å². The smallest absolute Gasteiger partial charge is 0.409 e. The van der Waals surface area contributed by atoms with Crippen molar-refractivity contribution in [1.82, 2.24) is 15.1 Å². The molecule has 0 unspecified atom stereocenters. The van der Waals surface area contributed by atoms with E-state index in [0.29, 0.717) is 50.1 Å². The molecule has 0 saturated carbocycles. The second-order valence-electron chi connectivity index (χ2n) is 7.06. The average Bonchev–Trinajstić information content (AvgIpc) is 2.79. The van der Waals surface area contributed by atoms with E-state index in [1.807, 2.05) is 4.90 Å². The fraction of sp³-hybridized carbons (Fsp3) is 0.524. The van der Waals surface area contributed by atoms with Crippen LogP contribution in [0.1, 0.15) is 25.5 Å². The Morgan fingerprint density at radius 2 is 1.71 bits per heavy atom. The van der Waals surface area contributed by atoms with E-state index in [4.69, 9.17) is 19.2 Å². The Morgan fingerprint density at radius 1 is 1.06 bits per heavy atom. The molecule has 0 aliphatic carbocycles. The number of hydrogen-bond acceptors (Lipinski definition) is 8. The van der Waals surface area contributed by atoms with Crippen LogP contribution in [0.25, 0.3) is 0 Å². The predicted octanol–water partition coefficient (Wildman–Crippen LogP) is 1.18. The van der Waals surface area contributed by atoms with E-state index in [1.54, 1.807) is 50.1 Å². The highest BCUT2D eigenvalue weighted by molar-refractivity contribution is 6.08. The van der Waals surface area contributed by atoms with E-state index in [9.17, 15) is 14.4 Å². The molecule has 1 fully saturated rings. The summed E-state index contributed by atoms with van der Waals surface area (Å²) in [6.45, 7) is 5.81. The monoisotopic (exact) mass is 432 g/mol. The minimum Gasteiger partial charge on any atom is -0.497 e. The van der Waals surface area contributed by atoms with Crippen molar-refractivity contribution < 1.29 is 28.6 Å². The minimum atomic E-state index is -1.09. The van der Waals surface area contributed by atoms with Crippen LogP contribution in [0.4, 0.5) is 4.79 Å². The summed E-state index contributed by atoms with van der Waals surface area (Å²) in [7, 11) is 1.57. The lowest BCUT2D eigenvalue weighted by Crippen LogP contribution is -2.58. The number of hydrogen-bond donors (Lipinski definition) is 1. The molecular weight excluding hydrogens is 404 g/mol. The van der Waals surface area contributed by atoms with Gasteiger partial charge in [-0.2, -0.15) is 0 Å². The normalized spacial score (nSPS) is 21.1. The third-order valence-corrected chi connectivity index (χ3v) is 5.20. The molecule has 2 atom stereocenters. The van der Waals surface area contributed by atoms with Crippen molar-refractivity contribution in [3.05, 3.63) is 29.8 Å². The number of carbonyl (C=O) groups is 3. The van der Waals surface area contributed by atoms with Crippen LogP contribution in [0.2, 0.25) is 0 Å². The van der Waals surface area contributed by atoms with Gasteiger partial charge in [0, 0.05) is 26.2 Å². The maximum absolute atomic E-state index is 12.9. The number of nitrogens with zero attached hydrogens (tertiary/aromatic N) is 3. The third kappa shape index (κ3) is 5.07. The molecule has 0 radical (unpaired) electrons. The summed E-state index contributed by atoms with van der Waals surface area (Å²) in [5.41, 5.74) is 0.705. The van der Waals surface area contributed by atoms with E-state index >= 15 is 0 Å². The first kappa shape index (κ1) is 22.4. The molecular formula is C21H28N4O6. The molecule has 0 spiro atoms. The van der Waals surface area contributed by atoms with Gasteiger partial charge in [0.2, 0.25) is 11.9 Å². The number of amides is 2. The topological polar surface area (TPSA) is 110 Å². The van der Waals surface area contributed by atoms with Crippen LogP contribution >= 0.6 is 0 Å². The quantitative estimate of drug-likeness (QED) is 0.549. The Balaban J connectivity index is 1.83. The lowest BCUT2D eigenvalue weighted by Gasteiger charge is -2.38. The molecule has 0 aromatic heterocycles. The second-order valence-corrected chi connectivity index (χ2v) is 7.06. The van der Waals surface area contributed by atoms with Gasteiger partial charge in [0.05, 0.1) is 20.3 Å². The highest BCUT2D eigenvalue weighted by Gasteiger charge is 2.42. The number of aliphatic imine (C=N–C) groups is 1. The lowest BCUT2D eigenvalue weighted by molar-refractivity contribution is -0.153. The van der Waals surface area contributed by atoms with Crippen LogP contribution < -0.4 is 10.1 Å². The maximum Gasteiger partial charge on any atom is 0.409 e. The van der Waals surface area contributed by atoms with Crippen LogP contribution in [0.15, 0.2) is 29.3 Å². The second kappa shape index (κ2) is 10.1. The van der Waals surface area contributed by atoms with Gasteiger partial charge in [-0.15, -0.1) is 0 Å². The van der Waals surface area contributed by atoms with E-state index < -0.39 is 23.8 Å². The predicted molar refractivity (Wildman–Crippen MR) is 112 cm³/mol. The number of guanidine groups is 1. The number of benzene rings is 1. The SMILES string of the molecule is CCOC(=O)[C@H]1C(=O)NC(N2CCN(C(=O)OCC)CC2)=N[C@@H]1c1ccc(OC)cc1. The molecule has 168 valence electrons. The van der Waals surface area contributed by atoms with Gasteiger partial charge in [-0.3, -0.25) is 14.9 Å². The van der Waals surface area contributed by atoms with Crippen LogP contribution in [0, 0.1) is 5.92 Å². The Labute approximate surface area is 181 Å². The number of methoxy groups -OCH3 is 1. The van der Waals surface area contributed by atoms with E-state index in [0.717, 1.165) is 0 Å². The van der Waals surface area contributed by atoms with Crippen molar-refractivity contribution in [2.45, 2.75) is 19.9 Å². The highest BCUT2D eigenvalue weighted by atomic mass is 16.6. The zero-order valence-electron chi connectivity index (χ0n) is 18.0. The Hall–Kier alpha value is -3.30. The van der Waals surface area contributed by atoms with Crippen LogP contribution in [0.5, 0.6) is 5.75 Å². The molecule has 2 amide bonds. The molecule has 1 aromatic carbocycles. The molecule has 1 saturated heterocycles. The molecule has 31 heavy (non-hydrogen) atoms. The number of nitrogens with one attached hydrogen (secondary N) is 1. The Morgan fingerprint density at radius 3 is 2.29 bits per heavy atom.